The number of rotatable bonds is 0. The van der Waals surface area contributed by atoms with E-state index >= 15 is 0 Å². The van der Waals surface area contributed by atoms with Crippen LogP contribution in [0.25, 0.3) is 46.9 Å². The maximum Gasteiger partial charge on any atom is 2.00 e. The van der Waals surface area contributed by atoms with Crippen LogP contribution in [0.15, 0.2) is 24.3 Å². The van der Waals surface area contributed by atoms with E-state index in [0.29, 0.717) is 45.9 Å². The zero-order chi connectivity index (χ0) is 23.9. The molecule has 0 unspecified atom stereocenters. The summed E-state index contributed by atoms with van der Waals surface area (Å²) in [5, 5.41) is 0. The first-order chi connectivity index (χ1) is 15.8. The van der Waals surface area contributed by atoms with Gasteiger partial charge in [0.05, 0.1) is 23.3 Å². The van der Waals surface area contributed by atoms with Crippen molar-refractivity contribution < 1.29 is 17.1 Å². The molecule has 1 radical (unpaired) electrons. The van der Waals surface area contributed by atoms with Crippen molar-refractivity contribution in [1.29, 1.82) is 0 Å². The Balaban J connectivity index is 0.00000104. The van der Waals surface area contributed by atoms with E-state index in [1.54, 1.807) is 48.6 Å². The van der Waals surface area contributed by atoms with Gasteiger partial charge in [-0.2, -0.15) is 0 Å². The Morgan fingerprint density at radius 3 is 0.818 bits per heavy atom. The van der Waals surface area contributed by atoms with Crippen molar-refractivity contribution in [3.63, 3.8) is 0 Å². The van der Waals surface area contributed by atoms with Gasteiger partial charge in [0.25, 0.3) is 0 Å². The van der Waals surface area contributed by atoms with Crippen molar-refractivity contribution >= 4 is 46.9 Å². The molecule has 33 heavy (non-hydrogen) atoms. The van der Waals surface area contributed by atoms with Crippen molar-refractivity contribution in [3.8, 4) is 0 Å². The summed E-state index contributed by atoms with van der Waals surface area (Å²) in [5.41, 5.74) is 2.15. The molecule has 5 heterocycles. The molecule has 0 fully saturated rings. The molecule has 0 N–H and O–H groups in total. The first kappa shape index (κ1) is 29.8. The van der Waals surface area contributed by atoms with E-state index in [9.17, 15) is 0 Å². The Labute approximate surface area is 206 Å². The van der Waals surface area contributed by atoms with E-state index in [1.807, 2.05) is 55.4 Å². The molecule has 3 aromatic rings. The van der Waals surface area contributed by atoms with Gasteiger partial charge >= 0.3 is 17.1 Å². The maximum absolute atomic E-state index is 4.37. The van der Waals surface area contributed by atoms with Gasteiger partial charge in [-0.1, -0.05) is 55.4 Å². The van der Waals surface area contributed by atoms with E-state index in [4.69, 9.17) is 0 Å². The molecule has 8 nitrogen and oxygen atoms in total. The Morgan fingerprint density at radius 1 is 0.394 bits per heavy atom. The second-order valence-corrected chi connectivity index (χ2v) is 5.09. The van der Waals surface area contributed by atoms with E-state index in [-0.39, 0.29) is 17.1 Å². The van der Waals surface area contributed by atoms with Crippen LogP contribution >= 0.6 is 0 Å². The summed E-state index contributed by atoms with van der Waals surface area (Å²) in [7, 11) is 0. The zero-order valence-corrected chi connectivity index (χ0v) is 21.4. The van der Waals surface area contributed by atoms with Gasteiger partial charge in [-0.15, -0.1) is 0 Å². The molecule has 0 atom stereocenters. The van der Waals surface area contributed by atoms with Crippen molar-refractivity contribution in [2.24, 2.45) is 0 Å². The van der Waals surface area contributed by atoms with Gasteiger partial charge in [0.2, 0.25) is 0 Å². The van der Waals surface area contributed by atoms with Gasteiger partial charge < -0.3 is 29.9 Å². The molecule has 9 heteroatoms. The summed E-state index contributed by atoms with van der Waals surface area (Å²) in [6, 6.07) is 7.12. The standard InChI is InChI=1S/C16H8N8.4C2H6.Cu/c1-2-10-17-9(1)21-11-3-4-13(18-11)23-15-7-8-16(20-15)24-14-6-5-12(19-14)22-10;4*1-2;/h1-8H;4*1-2H3;/q-2;;;;;+2. The minimum atomic E-state index is 0. The van der Waals surface area contributed by atoms with Crippen LogP contribution in [0.3, 0.4) is 0 Å². The molecule has 0 saturated heterocycles. The summed E-state index contributed by atoms with van der Waals surface area (Å²) in [5.74, 6) is 2.15. The molecule has 5 rings (SSSR count). The van der Waals surface area contributed by atoms with Crippen LogP contribution in [0, 0.1) is 0 Å². The summed E-state index contributed by atoms with van der Waals surface area (Å²) < 4.78 is 0. The number of nitrogens with zero attached hydrogens (tertiary/aromatic N) is 8. The third-order valence-corrected chi connectivity index (χ3v) is 3.36. The van der Waals surface area contributed by atoms with Gasteiger partial charge in [-0.05, 0) is 48.6 Å². The number of hydrogen-bond acceptors (Lipinski definition) is 6. The first-order valence-corrected chi connectivity index (χ1v) is 11.2. The van der Waals surface area contributed by atoms with Crippen LogP contribution < -0.4 is 9.97 Å². The van der Waals surface area contributed by atoms with E-state index in [0.717, 1.165) is 0 Å². The third kappa shape index (κ3) is 8.71. The summed E-state index contributed by atoms with van der Waals surface area (Å²) in [4.78, 5) is 34.8. The molecule has 0 spiro atoms. The SMILES string of the molecule is C1=Cc2nc1nc1ccc(nc3nc(nc4ccc(n2)[n-]4)C=C3)[n-]1.CC.CC.CC.CC.[Cu+2]. The minimum absolute atomic E-state index is 0. The normalized spacial score (nSPS) is 9.94. The van der Waals surface area contributed by atoms with Crippen LogP contribution in [0.5, 0.6) is 0 Å². The average Bonchev–Trinajstić information content (AvgIpc) is 3.65. The van der Waals surface area contributed by atoms with Gasteiger partial charge in [0, 0.05) is 22.6 Å². The monoisotopic (exact) mass is 495 g/mol. The molecular formula is C24H32CuN8. The second-order valence-electron chi connectivity index (χ2n) is 5.09. The fourth-order valence-corrected chi connectivity index (χ4v) is 2.33. The van der Waals surface area contributed by atoms with E-state index < -0.39 is 0 Å². The first-order valence-electron chi connectivity index (χ1n) is 11.2. The Hall–Kier alpha value is -3.16. The number of hydrogen-bond donors (Lipinski definition) is 0. The fraction of sp³-hybridized carbons (Fsp3) is 0.333. The molecule has 2 aliphatic rings. The van der Waals surface area contributed by atoms with Crippen LogP contribution in [-0.2, 0) is 17.1 Å². The zero-order valence-electron chi connectivity index (χ0n) is 20.5. The van der Waals surface area contributed by atoms with E-state index in [1.165, 1.54) is 0 Å². The third-order valence-electron chi connectivity index (χ3n) is 3.36. The van der Waals surface area contributed by atoms with Crippen LogP contribution in [0.4, 0.5) is 0 Å². The predicted octanol–water partition coefficient (Wildman–Crippen LogP) is 5.60. The molecule has 179 valence electrons. The van der Waals surface area contributed by atoms with Gasteiger partial charge in [0.1, 0.15) is 0 Å². The Morgan fingerprint density at radius 2 is 0.606 bits per heavy atom. The van der Waals surface area contributed by atoms with Crippen molar-refractivity contribution in [2.45, 2.75) is 55.4 Å². The van der Waals surface area contributed by atoms with Crippen molar-refractivity contribution in [2.75, 3.05) is 0 Å². The van der Waals surface area contributed by atoms with Crippen LogP contribution in [-0.4, -0.2) is 29.9 Å². The maximum atomic E-state index is 4.37. The number of fused-ring (bicyclic) bond motifs is 8. The van der Waals surface area contributed by atoms with Gasteiger partial charge in [-0.25, -0.2) is 9.97 Å². The molecule has 8 bridgehead atoms. The van der Waals surface area contributed by atoms with Crippen molar-refractivity contribution in [1.82, 2.24) is 39.9 Å². The summed E-state index contributed by atoms with van der Waals surface area (Å²) in [6.45, 7) is 16.0. The average molecular weight is 496 g/mol. The predicted molar refractivity (Wildman–Crippen MR) is 133 cm³/mol. The molecule has 0 amide bonds. The molecular weight excluding hydrogens is 464 g/mol. The topological polar surface area (TPSA) is 106 Å². The fourth-order valence-electron chi connectivity index (χ4n) is 2.33. The quantitative estimate of drug-likeness (QED) is 0.256. The largest absolute Gasteiger partial charge is 2.00 e. The molecule has 0 aromatic carbocycles. The minimum Gasteiger partial charge on any atom is -0.358 e. The van der Waals surface area contributed by atoms with Crippen LogP contribution in [0.2, 0.25) is 0 Å². The smallest absolute Gasteiger partial charge is 0.358 e. The number of aromatic nitrogens is 8. The molecule has 3 aromatic heterocycles. The molecule has 2 aliphatic heterocycles. The van der Waals surface area contributed by atoms with E-state index in [2.05, 4.69) is 39.9 Å². The van der Waals surface area contributed by atoms with Crippen LogP contribution in [0.1, 0.15) is 78.7 Å². The Kier molecular flexibility index (Phi) is 14.9. The Bertz CT molecular complexity index is 1000. The summed E-state index contributed by atoms with van der Waals surface area (Å²) >= 11 is 0. The van der Waals surface area contributed by atoms with Gasteiger partial charge in [-0.3, -0.25) is 0 Å². The summed E-state index contributed by atoms with van der Waals surface area (Å²) in [6.07, 6.45) is 7.12. The second kappa shape index (κ2) is 16.5. The molecule has 0 saturated carbocycles. The molecule has 0 aliphatic carbocycles. The van der Waals surface area contributed by atoms with Crippen molar-refractivity contribution in [3.05, 3.63) is 47.6 Å². The van der Waals surface area contributed by atoms with Gasteiger partial charge in [0.15, 0.2) is 0 Å².